The Hall–Kier alpha value is 0.100. The average Bonchev–Trinajstić information content (AvgIpc) is 1.97. The summed E-state index contributed by atoms with van der Waals surface area (Å²) in [6, 6.07) is 2.25. The highest BCUT2D eigenvalue weighted by atomic mass is 127. The van der Waals surface area contributed by atoms with Crippen LogP contribution in [0.15, 0.2) is 12.1 Å². The molecule has 0 aliphatic rings. The van der Waals surface area contributed by atoms with Crippen LogP contribution >= 0.6 is 34.2 Å². The minimum Gasteiger partial charge on any atom is -0.207 e. The van der Waals surface area contributed by atoms with E-state index in [1.807, 2.05) is 0 Å². The van der Waals surface area contributed by atoms with E-state index in [1.165, 1.54) is 6.07 Å². The highest BCUT2D eigenvalue weighted by Gasteiger charge is 2.06. The molecule has 0 heterocycles. The van der Waals surface area contributed by atoms with Gasteiger partial charge in [-0.2, -0.15) is 0 Å². The fraction of sp³-hybridized carbons (Fsp3) is 0.143. The van der Waals surface area contributed by atoms with Gasteiger partial charge in [-0.05, 0) is 28.7 Å². The molecule has 0 saturated heterocycles. The van der Waals surface area contributed by atoms with E-state index in [-0.39, 0.29) is 5.88 Å². The van der Waals surface area contributed by atoms with Crippen LogP contribution < -0.4 is 0 Å². The predicted octanol–water partition coefficient (Wildman–Crippen LogP) is 3.31. The molecule has 1 aromatic rings. The predicted molar refractivity (Wildman–Crippen MR) is 48.6 cm³/mol. The van der Waals surface area contributed by atoms with E-state index in [0.717, 1.165) is 6.07 Å². The topological polar surface area (TPSA) is 0 Å². The molecule has 0 nitrogen and oxygen atoms in total. The lowest BCUT2D eigenvalue weighted by Gasteiger charge is -1.99. The van der Waals surface area contributed by atoms with Crippen LogP contribution in [0.5, 0.6) is 0 Å². The molecular formula is C7H4ClF2I. The van der Waals surface area contributed by atoms with Gasteiger partial charge in [-0.1, -0.05) is 0 Å². The summed E-state index contributed by atoms with van der Waals surface area (Å²) in [7, 11) is 0. The Morgan fingerprint density at radius 1 is 1.27 bits per heavy atom. The molecule has 0 N–H and O–H groups in total. The van der Waals surface area contributed by atoms with Crippen LogP contribution in [0.2, 0.25) is 0 Å². The van der Waals surface area contributed by atoms with Gasteiger partial charge in [0.2, 0.25) is 0 Å². The van der Waals surface area contributed by atoms with Crippen LogP contribution in [-0.4, -0.2) is 0 Å². The van der Waals surface area contributed by atoms with Crippen molar-refractivity contribution >= 4 is 34.2 Å². The molecule has 0 aliphatic carbocycles. The van der Waals surface area contributed by atoms with Crippen molar-refractivity contribution in [2.45, 2.75) is 5.88 Å². The zero-order valence-corrected chi connectivity index (χ0v) is 8.29. The fourth-order valence-electron chi connectivity index (χ4n) is 0.666. The van der Waals surface area contributed by atoms with Crippen LogP contribution in [0.1, 0.15) is 5.56 Å². The molecule has 0 spiro atoms. The van der Waals surface area contributed by atoms with Crippen molar-refractivity contribution in [2.75, 3.05) is 0 Å². The zero-order chi connectivity index (χ0) is 8.43. The SMILES string of the molecule is Fc1cc(F)c(CCl)cc1I. The summed E-state index contributed by atoms with van der Waals surface area (Å²) in [5.74, 6) is -1.06. The van der Waals surface area contributed by atoms with E-state index < -0.39 is 11.6 Å². The smallest absolute Gasteiger partial charge is 0.139 e. The highest BCUT2D eigenvalue weighted by Crippen LogP contribution is 2.17. The normalized spacial score (nSPS) is 10.2. The molecule has 0 aromatic heterocycles. The van der Waals surface area contributed by atoms with Gasteiger partial charge in [-0.25, -0.2) is 8.78 Å². The number of hydrogen-bond donors (Lipinski definition) is 0. The summed E-state index contributed by atoms with van der Waals surface area (Å²) in [5.41, 5.74) is 0.331. The Kier molecular flexibility index (Phi) is 3.06. The van der Waals surface area contributed by atoms with Crippen molar-refractivity contribution in [1.29, 1.82) is 0 Å². The Morgan fingerprint density at radius 3 is 2.45 bits per heavy atom. The van der Waals surface area contributed by atoms with Gasteiger partial charge in [0.05, 0.1) is 5.88 Å². The van der Waals surface area contributed by atoms with Gasteiger partial charge >= 0.3 is 0 Å². The molecule has 0 amide bonds. The second kappa shape index (κ2) is 3.67. The molecule has 0 aliphatic heterocycles. The molecule has 0 atom stereocenters. The van der Waals surface area contributed by atoms with Crippen LogP contribution in [0.25, 0.3) is 0 Å². The second-order valence-corrected chi connectivity index (χ2v) is 3.42. The summed E-state index contributed by atoms with van der Waals surface area (Å²) in [6.45, 7) is 0. The molecule has 0 unspecified atom stereocenters. The third-order valence-corrected chi connectivity index (χ3v) is 2.35. The third-order valence-electron chi connectivity index (χ3n) is 1.23. The largest absolute Gasteiger partial charge is 0.207 e. The molecule has 0 radical (unpaired) electrons. The molecule has 4 heteroatoms. The quantitative estimate of drug-likeness (QED) is 0.422. The monoisotopic (exact) mass is 288 g/mol. The standard InChI is InChI=1S/C7H4ClF2I/c8-3-4-1-7(11)6(10)2-5(4)9/h1-2H,3H2. The summed E-state index contributed by atoms with van der Waals surface area (Å²) >= 11 is 7.18. The molecule has 60 valence electrons. The van der Waals surface area contributed by atoms with Gasteiger partial charge in [0.15, 0.2) is 0 Å². The third kappa shape index (κ3) is 2.02. The molecular weight excluding hydrogens is 284 g/mol. The first-order valence-corrected chi connectivity index (χ1v) is 4.46. The number of benzene rings is 1. The number of halogens is 4. The highest BCUT2D eigenvalue weighted by molar-refractivity contribution is 14.1. The van der Waals surface area contributed by atoms with E-state index in [0.29, 0.717) is 9.13 Å². The fourth-order valence-corrected chi connectivity index (χ4v) is 1.40. The van der Waals surface area contributed by atoms with Crippen molar-refractivity contribution in [3.63, 3.8) is 0 Å². The van der Waals surface area contributed by atoms with E-state index in [2.05, 4.69) is 0 Å². The summed E-state index contributed by atoms with van der Waals surface area (Å²) in [6.07, 6.45) is 0. The Labute approximate surface area is 81.7 Å². The Balaban J connectivity index is 3.21. The van der Waals surface area contributed by atoms with Crippen LogP contribution in [0, 0.1) is 15.2 Å². The summed E-state index contributed by atoms with van der Waals surface area (Å²) in [4.78, 5) is 0. The summed E-state index contributed by atoms with van der Waals surface area (Å²) in [5, 5.41) is 0. The van der Waals surface area contributed by atoms with Crippen LogP contribution in [0.4, 0.5) is 8.78 Å². The first kappa shape index (κ1) is 9.19. The maximum absolute atomic E-state index is 12.7. The van der Waals surface area contributed by atoms with Gasteiger partial charge < -0.3 is 0 Å². The van der Waals surface area contributed by atoms with Crippen molar-refractivity contribution in [3.8, 4) is 0 Å². The van der Waals surface area contributed by atoms with Crippen LogP contribution in [-0.2, 0) is 5.88 Å². The average molecular weight is 288 g/mol. The van der Waals surface area contributed by atoms with E-state index in [1.54, 1.807) is 22.6 Å². The number of rotatable bonds is 1. The lowest BCUT2D eigenvalue weighted by atomic mass is 10.2. The maximum Gasteiger partial charge on any atom is 0.139 e. The molecule has 0 bridgehead atoms. The van der Waals surface area contributed by atoms with Gasteiger partial charge in [-0.3, -0.25) is 0 Å². The first-order chi connectivity index (χ1) is 5.15. The molecule has 11 heavy (non-hydrogen) atoms. The van der Waals surface area contributed by atoms with Crippen molar-refractivity contribution < 1.29 is 8.78 Å². The molecule has 1 rings (SSSR count). The maximum atomic E-state index is 12.7. The Morgan fingerprint density at radius 2 is 1.91 bits per heavy atom. The van der Waals surface area contributed by atoms with Gasteiger partial charge in [0.1, 0.15) is 11.6 Å². The van der Waals surface area contributed by atoms with Crippen LogP contribution in [0.3, 0.4) is 0 Å². The van der Waals surface area contributed by atoms with Gasteiger partial charge in [-0.15, -0.1) is 11.6 Å². The van der Waals surface area contributed by atoms with E-state index in [4.69, 9.17) is 11.6 Å². The molecule has 1 aromatic carbocycles. The van der Waals surface area contributed by atoms with Crippen molar-refractivity contribution in [3.05, 3.63) is 32.9 Å². The van der Waals surface area contributed by atoms with Gasteiger partial charge in [0, 0.05) is 15.2 Å². The van der Waals surface area contributed by atoms with E-state index in [9.17, 15) is 8.78 Å². The van der Waals surface area contributed by atoms with Crippen molar-refractivity contribution in [2.24, 2.45) is 0 Å². The lowest BCUT2D eigenvalue weighted by Crippen LogP contribution is -1.91. The second-order valence-electron chi connectivity index (χ2n) is 1.99. The number of hydrogen-bond acceptors (Lipinski definition) is 0. The lowest BCUT2D eigenvalue weighted by molar-refractivity contribution is 0.572. The summed E-state index contributed by atoms with van der Waals surface area (Å²) < 4.78 is 25.7. The Bertz CT molecular complexity index is 275. The molecule has 0 saturated carbocycles. The van der Waals surface area contributed by atoms with E-state index >= 15 is 0 Å². The zero-order valence-electron chi connectivity index (χ0n) is 5.37. The van der Waals surface area contributed by atoms with Crippen molar-refractivity contribution in [1.82, 2.24) is 0 Å². The minimum absolute atomic E-state index is 0.0715. The number of alkyl halides is 1. The first-order valence-electron chi connectivity index (χ1n) is 2.84. The minimum atomic E-state index is -0.585. The molecule has 0 fully saturated rings. The van der Waals surface area contributed by atoms with Gasteiger partial charge in [0.25, 0.3) is 0 Å².